The molecule has 0 aliphatic heterocycles. The van der Waals surface area contributed by atoms with Crippen molar-refractivity contribution < 1.29 is 0 Å². The molecule has 0 atom stereocenters. The highest BCUT2D eigenvalue weighted by Crippen LogP contribution is 2.27. The van der Waals surface area contributed by atoms with Crippen LogP contribution in [0.15, 0.2) is 24.5 Å². The number of fused-ring (bicyclic) bond motifs is 1. The first-order valence-electron chi connectivity index (χ1n) is 4.93. The molecule has 0 aromatic carbocycles. The van der Waals surface area contributed by atoms with Crippen LogP contribution >= 0.6 is 0 Å². The predicted octanol–water partition coefficient (Wildman–Crippen LogP) is 2.94. The minimum Gasteiger partial charge on any atom is -0.240 e. The van der Waals surface area contributed by atoms with Gasteiger partial charge in [-0.15, -0.1) is 0 Å². The molecule has 14 heavy (non-hydrogen) atoms. The number of aryl methyl sites for hydroxylation is 1. The second kappa shape index (κ2) is 2.84. The van der Waals surface area contributed by atoms with Gasteiger partial charge in [-0.1, -0.05) is 26.8 Å². The van der Waals surface area contributed by atoms with Crippen molar-refractivity contribution in [3.63, 3.8) is 0 Å². The van der Waals surface area contributed by atoms with Gasteiger partial charge in [-0.05, 0) is 24.0 Å². The molecule has 0 fully saturated rings. The summed E-state index contributed by atoms with van der Waals surface area (Å²) in [6.45, 7) is 8.79. The zero-order valence-electron chi connectivity index (χ0n) is 9.20. The number of rotatable bonds is 0. The molecule has 2 rings (SSSR count). The number of pyridine rings is 1. The molecule has 0 saturated heterocycles. The Kier molecular flexibility index (Phi) is 1.88. The molecule has 0 N–H and O–H groups in total. The van der Waals surface area contributed by atoms with Crippen LogP contribution in [-0.4, -0.2) is 9.61 Å². The normalized spacial score (nSPS) is 12.3. The van der Waals surface area contributed by atoms with Crippen molar-refractivity contribution in [2.24, 2.45) is 0 Å². The lowest BCUT2D eigenvalue weighted by atomic mass is 9.87. The van der Waals surface area contributed by atoms with E-state index in [1.54, 1.807) is 0 Å². The number of aromatic nitrogens is 2. The molecule has 0 radical (unpaired) electrons. The van der Waals surface area contributed by atoms with Crippen molar-refractivity contribution in [1.29, 1.82) is 0 Å². The van der Waals surface area contributed by atoms with E-state index in [0.717, 1.165) is 0 Å². The van der Waals surface area contributed by atoms with E-state index in [2.05, 4.69) is 38.9 Å². The summed E-state index contributed by atoms with van der Waals surface area (Å²) in [6, 6.07) is 4.16. The highest BCUT2D eigenvalue weighted by atomic mass is 15.2. The second-order valence-electron chi connectivity index (χ2n) is 4.79. The maximum Gasteiger partial charge on any atom is 0.0728 e. The fraction of sp³-hybridized carbons (Fsp3) is 0.417. The molecule has 2 aromatic heterocycles. The van der Waals surface area contributed by atoms with Gasteiger partial charge in [0.05, 0.1) is 11.7 Å². The molecule has 0 aliphatic carbocycles. The molecule has 74 valence electrons. The van der Waals surface area contributed by atoms with Gasteiger partial charge in [0, 0.05) is 11.8 Å². The van der Waals surface area contributed by atoms with Gasteiger partial charge in [-0.25, -0.2) is 4.52 Å². The van der Waals surface area contributed by atoms with Gasteiger partial charge in [0.2, 0.25) is 0 Å². The van der Waals surface area contributed by atoms with Crippen LogP contribution in [0.3, 0.4) is 0 Å². The molecular formula is C12H16N2. The Morgan fingerprint density at radius 2 is 2.00 bits per heavy atom. The van der Waals surface area contributed by atoms with Gasteiger partial charge >= 0.3 is 0 Å². The molecular weight excluding hydrogens is 172 g/mol. The Hall–Kier alpha value is -1.31. The van der Waals surface area contributed by atoms with Gasteiger partial charge < -0.3 is 0 Å². The van der Waals surface area contributed by atoms with E-state index in [1.807, 2.05) is 23.0 Å². The number of hydrogen-bond donors (Lipinski definition) is 0. The number of hydrogen-bond acceptors (Lipinski definition) is 1. The summed E-state index contributed by atoms with van der Waals surface area (Å²) in [5.41, 5.74) is 4.01. The van der Waals surface area contributed by atoms with Crippen LogP contribution < -0.4 is 0 Å². The van der Waals surface area contributed by atoms with Crippen LogP contribution in [0, 0.1) is 6.92 Å². The van der Waals surface area contributed by atoms with Gasteiger partial charge in [-0.2, -0.15) is 5.10 Å². The summed E-state index contributed by atoms with van der Waals surface area (Å²) in [5.74, 6) is 0. The highest BCUT2D eigenvalue weighted by Gasteiger charge is 2.19. The molecule has 0 saturated carbocycles. The van der Waals surface area contributed by atoms with Gasteiger partial charge in [0.15, 0.2) is 0 Å². The van der Waals surface area contributed by atoms with E-state index in [0.29, 0.717) is 0 Å². The summed E-state index contributed by atoms with van der Waals surface area (Å²) in [6.07, 6.45) is 3.97. The van der Waals surface area contributed by atoms with Crippen molar-refractivity contribution in [1.82, 2.24) is 9.61 Å². The van der Waals surface area contributed by atoms with E-state index in [1.165, 1.54) is 16.6 Å². The largest absolute Gasteiger partial charge is 0.240 e. The van der Waals surface area contributed by atoms with Gasteiger partial charge in [-0.3, -0.25) is 0 Å². The fourth-order valence-electron chi connectivity index (χ4n) is 1.77. The lowest BCUT2D eigenvalue weighted by Crippen LogP contribution is -2.10. The lowest BCUT2D eigenvalue weighted by Gasteiger charge is -2.17. The second-order valence-corrected chi connectivity index (χ2v) is 4.79. The van der Waals surface area contributed by atoms with Crippen LogP contribution in [0.25, 0.3) is 5.52 Å². The van der Waals surface area contributed by atoms with Crippen molar-refractivity contribution in [3.05, 3.63) is 35.7 Å². The molecule has 0 amide bonds. The minimum atomic E-state index is 0.161. The molecule has 0 aliphatic rings. The Labute approximate surface area is 84.6 Å². The molecule has 0 spiro atoms. The summed E-state index contributed by atoms with van der Waals surface area (Å²) in [5, 5.41) is 4.36. The van der Waals surface area contributed by atoms with Crippen molar-refractivity contribution in [2.75, 3.05) is 0 Å². The Balaban J connectivity index is 2.80. The van der Waals surface area contributed by atoms with E-state index in [4.69, 9.17) is 0 Å². The van der Waals surface area contributed by atoms with Crippen LogP contribution in [0.5, 0.6) is 0 Å². The highest BCUT2D eigenvalue weighted by molar-refractivity contribution is 5.61. The molecule has 2 aromatic rings. The predicted molar refractivity (Wildman–Crippen MR) is 58.6 cm³/mol. The van der Waals surface area contributed by atoms with Crippen molar-refractivity contribution >= 4 is 5.52 Å². The van der Waals surface area contributed by atoms with Crippen molar-refractivity contribution in [2.45, 2.75) is 33.1 Å². The van der Waals surface area contributed by atoms with E-state index < -0.39 is 0 Å². The zero-order chi connectivity index (χ0) is 10.3. The monoisotopic (exact) mass is 188 g/mol. The molecule has 2 heterocycles. The minimum absolute atomic E-state index is 0.161. The molecule has 2 heteroatoms. The summed E-state index contributed by atoms with van der Waals surface area (Å²) >= 11 is 0. The topological polar surface area (TPSA) is 17.3 Å². The standard InChI is InChI=1S/C12H16N2/c1-9-6-5-7-14-11(9)10(8-13-14)12(2,3)4/h5-8H,1-4H3. The molecule has 0 unspecified atom stereocenters. The van der Waals surface area contributed by atoms with Crippen LogP contribution in [-0.2, 0) is 5.41 Å². The van der Waals surface area contributed by atoms with Gasteiger partial charge in [0.25, 0.3) is 0 Å². The Morgan fingerprint density at radius 3 is 2.64 bits per heavy atom. The third-order valence-corrected chi connectivity index (χ3v) is 2.55. The third-order valence-electron chi connectivity index (χ3n) is 2.55. The average molecular weight is 188 g/mol. The van der Waals surface area contributed by atoms with E-state index >= 15 is 0 Å². The smallest absolute Gasteiger partial charge is 0.0728 e. The van der Waals surface area contributed by atoms with E-state index in [-0.39, 0.29) is 5.41 Å². The maximum atomic E-state index is 4.36. The Morgan fingerprint density at radius 1 is 1.29 bits per heavy atom. The van der Waals surface area contributed by atoms with Crippen LogP contribution in [0.4, 0.5) is 0 Å². The summed E-state index contributed by atoms with van der Waals surface area (Å²) in [7, 11) is 0. The number of nitrogens with zero attached hydrogens (tertiary/aromatic N) is 2. The molecule has 2 nitrogen and oxygen atoms in total. The summed E-state index contributed by atoms with van der Waals surface area (Å²) < 4.78 is 1.95. The molecule has 0 bridgehead atoms. The van der Waals surface area contributed by atoms with Crippen LogP contribution in [0.1, 0.15) is 31.9 Å². The fourth-order valence-corrected chi connectivity index (χ4v) is 1.77. The van der Waals surface area contributed by atoms with E-state index in [9.17, 15) is 0 Å². The average Bonchev–Trinajstić information content (AvgIpc) is 2.47. The summed E-state index contributed by atoms with van der Waals surface area (Å²) in [4.78, 5) is 0. The van der Waals surface area contributed by atoms with Crippen molar-refractivity contribution in [3.8, 4) is 0 Å². The zero-order valence-corrected chi connectivity index (χ0v) is 9.20. The maximum absolute atomic E-state index is 4.36. The lowest BCUT2D eigenvalue weighted by molar-refractivity contribution is 0.595. The first kappa shape index (κ1) is 9.25. The quantitative estimate of drug-likeness (QED) is 0.621. The third kappa shape index (κ3) is 1.31. The first-order chi connectivity index (χ1) is 6.50. The SMILES string of the molecule is Cc1cccn2ncc(C(C)(C)C)c12. The first-order valence-corrected chi connectivity index (χ1v) is 4.93. The van der Waals surface area contributed by atoms with Crippen LogP contribution in [0.2, 0.25) is 0 Å². The Bertz CT molecular complexity index is 461. The van der Waals surface area contributed by atoms with Gasteiger partial charge in [0.1, 0.15) is 0 Å².